The van der Waals surface area contributed by atoms with Crippen molar-refractivity contribution in [3.63, 3.8) is 0 Å². The molecule has 1 aliphatic rings. The molecule has 1 fully saturated rings. The largest absolute Gasteiger partial charge is 0.355 e. The molecule has 26 heavy (non-hydrogen) atoms. The molecule has 0 radical (unpaired) electrons. The third-order valence-corrected chi connectivity index (χ3v) is 6.65. The number of fused-ring (bicyclic) bond motifs is 1. The van der Waals surface area contributed by atoms with Gasteiger partial charge in [0.05, 0.1) is 5.75 Å². The molecule has 0 spiro atoms. The van der Waals surface area contributed by atoms with E-state index in [1.165, 1.54) is 4.31 Å². The number of hydrogen-bond donors (Lipinski definition) is 2. The van der Waals surface area contributed by atoms with Crippen LogP contribution >= 0.6 is 0 Å². The van der Waals surface area contributed by atoms with Crippen molar-refractivity contribution in [2.45, 2.75) is 31.8 Å². The highest BCUT2D eigenvalue weighted by molar-refractivity contribution is 7.89. The lowest BCUT2D eigenvalue weighted by Gasteiger charge is -2.23. The Labute approximate surface area is 154 Å². The maximum Gasteiger partial charge on any atom is 0.238 e. The molecule has 2 aromatic rings. The molecular formula is C19H25N3O3S. The van der Waals surface area contributed by atoms with Crippen LogP contribution in [-0.4, -0.2) is 49.6 Å². The van der Waals surface area contributed by atoms with Crippen molar-refractivity contribution in [2.24, 2.45) is 5.73 Å². The van der Waals surface area contributed by atoms with Gasteiger partial charge >= 0.3 is 0 Å². The van der Waals surface area contributed by atoms with Gasteiger partial charge in [-0.15, -0.1) is 0 Å². The smallest absolute Gasteiger partial charge is 0.238 e. The number of rotatable bonds is 6. The topological polar surface area (TPSA) is 92.5 Å². The zero-order valence-corrected chi connectivity index (χ0v) is 15.7. The van der Waals surface area contributed by atoms with Gasteiger partial charge in [-0.1, -0.05) is 42.5 Å². The second-order valence-corrected chi connectivity index (χ2v) is 8.72. The number of benzene rings is 2. The monoisotopic (exact) mass is 375 g/mol. The van der Waals surface area contributed by atoms with E-state index in [0.29, 0.717) is 19.4 Å². The lowest BCUT2D eigenvalue weighted by molar-refractivity contribution is -0.124. The zero-order valence-electron chi connectivity index (χ0n) is 14.9. The minimum atomic E-state index is -3.58. The predicted octanol–water partition coefficient (Wildman–Crippen LogP) is 1.25. The summed E-state index contributed by atoms with van der Waals surface area (Å²) in [7, 11) is -3.58. The van der Waals surface area contributed by atoms with Gasteiger partial charge in [-0.2, -0.15) is 4.31 Å². The number of amides is 1. The van der Waals surface area contributed by atoms with Crippen LogP contribution in [0.15, 0.2) is 42.5 Å². The molecule has 1 saturated heterocycles. The molecule has 0 bridgehead atoms. The number of carbonyl (C=O) groups is 1. The van der Waals surface area contributed by atoms with E-state index in [2.05, 4.69) is 5.32 Å². The van der Waals surface area contributed by atoms with Crippen LogP contribution in [0.2, 0.25) is 0 Å². The highest BCUT2D eigenvalue weighted by Gasteiger charge is 2.41. The van der Waals surface area contributed by atoms with Gasteiger partial charge in [-0.3, -0.25) is 4.79 Å². The predicted molar refractivity (Wildman–Crippen MR) is 103 cm³/mol. The molecule has 0 saturated carbocycles. The van der Waals surface area contributed by atoms with E-state index in [0.717, 1.165) is 16.3 Å². The van der Waals surface area contributed by atoms with Gasteiger partial charge in [0, 0.05) is 19.1 Å². The summed E-state index contributed by atoms with van der Waals surface area (Å²) in [5.74, 6) is -0.307. The van der Waals surface area contributed by atoms with Crippen molar-refractivity contribution in [3.05, 3.63) is 48.0 Å². The average Bonchev–Trinajstić information content (AvgIpc) is 3.03. The van der Waals surface area contributed by atoms with E-state index in [9.17, 15) is 13.2 Å². The Balaban J connectivity index is 1.78. The summed E-state index contributed by atoms with van der Waals surface area (Å²) in [6, 6.07) is 12.8. The maximum absolute atomic E-state index is 12.9. The van der Waals surface area contributed by atoms with Crippen molar-refractivity contribution in [3.8, 4) is 0 Å². The Bertz CT molecular complexity index is 893. The van der Waals surface area contributed by atoms with Crippen molar-refractivity contribution < 1.29 is 13.2 Å². The Kier molecular flexibility index (Phi) is 5.60. The lowest BCUT2D eigenvalue weighted by atomic mass is 10.0. The number of nitrogens with two attached hydrogens (primary N) is 1. The van der Waals surface area contributed by atoms with Gasteiger partial charge < -0.3 is 11.1 Å². The SMILES string of the molecule is CCNC(=O)[C@@H]1C[C@H](N)CN1S(=O)(=O)CCc1cccc2ccccc12. The van der Waals surface area contributed by atoms with E-state index in [1.54, 1.807) is 0 Å². The lowest BCUT2D eigenvalue weighted by Crippen LogP contribution is -2.46. The first kappa shape index (κ1) is 18.8. The fraction of sp³-hybridized carbons (Fsp3) is 0.421. The van der Waals surface area contributed by atoms with Crippen LogP contribution in [0.3, 0.4) is 0 Å². The standard InChI is InChI=1S/C19H25N3O3S/c1-2-21-19(23)18-12-16(20)13-22(18)26(24,25)11-10-15-8-5-7-14-6-3-4-9-17(14)15/h3-9,16,18H,2,10-13,20H2,1H3,(H,21,23)/t16-,18-/m0/s1. The van der Waals surface area contributed by atoms with Gasteiger partial charge in [0.1, 0.15) is 6.04 Å². The summed E-state index contributed by atoms with van der Waals surface area (Å²) >= 11 is 0. The van der Waals surface area contributed by atoms with Crippen LogP contribution in [0.25, 0.3) is 10.8 Å². The van der Waals surface area contributed by atoms with Crippen LogP contribution in [-0.2, 0) is 21.2 Å². The van der Waals surface area contributed by atoms with Crippen LogP contribution < -0.4 is 11.1 Å². The second-order valence-electron chi connectivity index (χ2n) is 6.68. The van der Waals surface area contributed by atoms with Gasteiger partial charge in [0.25, 0.3) is 0 Å². The Morgan fingerprint density at radius 2 is 1.96 bits per heavy atom. The minimum absolute atomic E-state index is 0.0381. The fourth-order valence-corrected chi connectivity index (χ4v) is 5.24. The molecule has 3 N–H and O–H groups in total. The molecule has 0 unspecified atom stereocenters. The maximum atomic E-state index is 12.9. The molecule has 7 heteroatoms. The van der Waals surface area contributed by atoms with Gasteiger partial charge in [0.15, 0.2) is 0 Å². The Morgan fingerprint density at radius 3 is 2.73 bits per heavy atom. The molecule has 3 rings (SSSR count). The van der Waals surface area contributed by atoms with Crippen molar-refractivity contribution in [1.29, 1.82) is 0 Å². The van der Waals surface area contributed by atoms with Gasteiger partial charge in [-0.25, -0.2) is 8.42 Å². The number of hydrogen-bond acceptors (Lipinski definition) is 4. The highest BCUT2D eigenvalue weighted by atomic mass is 32.2. The van der Waals surface area contributed by atoms with Crippen LogP contribution in [0.5, 0.6) is 0 Å². The molecule has 6 nitrogen and oxygen atoms in total. The summed E-state index contributed by atoms with van der Waals surface area (Å²) < 4.78 is 27.1. The number of likely N-dealkylation sites (N-methyl/N-ethyl adjacent to an activating group) is 1. The molecule has 1 heterocycles. The quantitative estimate of drug-likeness (QED) is 0.795. The van der Waals surface area contributed by atoms with E-state index in [1.807, 2.05) is 49.4 Å². The van der Waals surface area contributed by atoms with Crippen molar-refractivity contribution >= 4 is 26.7 Å². The fourth-order valence-electron chi connectivity index (χ4n) is 3.54. The normalized spacial score (nSPS) is 21.2. The number of aryl methyl sites for hydroxylation is 1. The summed E-state index contributed by atoms with van der Waals surface area (Å²) in [4.78, 5) is 12.2. The number of carbonyl (C=O) groups excluding carboxylic acids is 1. The molecule has 1 aliphatic heterocycles. The van der Waals surface area contributed by atoms with E-state index in [-0.39, 0.29) is 24.2 Å². The first-order valence-electron chi connectivity index (χ1n) is 8.92. The van der Waals surface area contributed by atoms with E-state index >= 15 is 0 Å². The molecule has 2 aromatic carbocycles. The summed E-state index contributed by atoms with van der Waals surface area (Å²) in [5, 5.41) is 4.86. The average molecular weight is 375 g/mol. The molecule has 0 aromatic heterocycles. The van der Waals surface area contributed by atoms with Crippen molar-refractivity contribution in [2.75, 3.05) is 18.8 Å². The highest BCUT2D eigenvalue weighted by Crippen LogP contribution is 2.24. The van der Waals surface area contributed by atoms with E-state index < -0.39 is 16.1 Å². The molecule has 1 amide bonds. The summed E-state index contributed by atoms with van der Waals surface area (Å²) in [6.07, 6.45) is 0.761. The van der Waals surface area contributed by atoms with Gasteiger partial charge in [-0.05, 0) is 36.1 Å². The Hall–Kier alpha value is -1.96. The first-order valence-corrected chi connectivity index (χ1v) is 10.5. The number of nitrogens with zero attached hydrogens (tertiary/aromatic N) is 1. The number of nitrogens with one attached hydrogen (secondary N) is 1. The molecule has 140 valence electrons. The molecule has 0 aliphatic carbocycles. The first-order chi connectivity index (χ1) is 12.4. The summed E-state index contributed by atoms with van der Waals surface area (Å²) in [6.45, 7) is 2.47. The molecular weight excluding hydrogens is 350 g/mol. The zero-order chi connectivity index (χ0) is 18.7. The third-order valence-electron chi connectivity index (χ3n) is 4.81. The summed E-state index contributed by atoms with van der Waals surface area (Å²) in [5.41, 5.74) is 6.93. The van der Waals surface area contributed by atoms with Crippen LogP contribution in [0, 0.1) is 0 Å². The van der Waals surface area contributed by atoms with Crippen LogP contribution in [0.1, 0.15) is 18.9 Å². The second kappa shape index (κ2) is 7.73. The minimum Gasteiger partial charge on any atom is -0.355 e. The molecule has 2 atom stereocenters. The Morgan fingerprint density at radius 1 is 1.23 bits per heavy atom. The van der Waals surface area contributed by atoms with Crippen molar-refractivity contribution in [1.82, 2.24) is 9.62 Å². The third kappa shape index (κ3) is 3.90. The van der Waals surface area contributed by atoms with Crippen LogP contribution in [0.4, 0.5) is 0 Å². The number of sulfonamides is 1. The van der Waals surface area contributed by atoms with Gasteiger partial charge in [0.2, 0.25) is 15.9 Å². The van der Waals surface area contributed by atoms with E-state index in [4.69, 9.17) is 5.73 Å².